The molecular formula is C44H79O13P. The molecule has 0 rings (SSSR count). The molecule has 0 radical (unpaired) electrons. The van der Waals surface area contributed by atoms with E-state index < -0.39 is 76.7 Å². The van der Waals surface area contributed by atoms with E-state index in [0.29, 0.717) is 6.42 Å². The molecule has 14 heteroatoms. The Kier molecular flexibility index (Phi) is 36.4. The number of phosphoric ester groups is 1. The monoisotopic (exact) mass is 847 g/mol. The Balaban J connectivity index is 4.64. The maximum absolute atomic E-state index is 12.6. The van der Waals surface area contributed by atoms with Crippen molar-refractivity contribution in [3.63, 3.8) is 0 Å². The Hall–Kier alpha value is -2.19. The van der Waals surface area contributed by atoms with E-state index in [1.165, 1.54) is 63.9 Å². The topological polar surface area (TPSA) is 210 Å². The maximum Gasteiger partial charge on any atom is 0.472 e. The summed E-state index contributed by atoms with van der Waals surface area (Å²) in [6, 6.07) is 0. The number of hydrogen-bond acceptors (Lipinski definition) is 12. The Morgan fingerprint density at radius 2 is 1.12 bits per heavy atom. The minimum absolute atomic E-state index is 0.0668. The van der Waals surface area contributed by atoms with Gasteiger partial charge in [-0.2, -0.15) is 0 Å². The van der Waals surface area contributed by atoms with Crippen LogP contribution >= 0.6 is 7.82 Å². The van der Waals surface area contributed by atoms with Gasteiger partial charge in [-0.25, -0.2) is 4.57 Å². The molecule has 338 valence electrons. The van der Waals surface area contributed by atoms with Crippen LogP contribution in [0.25, 0.3) is 0 Å². The van der Waals surface area contributed by atoms with Crippen molar-refractivity contribution >= 4 is 19.8 Å². The lowest BCUT2D eigenvalue weighted by molar-refractivity contribution is -0.161. The first kappa shape index (κ1) is 55.8. The molecule has 0 aliphatic rings. The number of carbonyl (C=O) groups excluding carboxylic acids is 2. The molecule has 6 N–H and O–H groups in total. The van der Waals surface area contributed by atoms with Gasteiger partial charge in [-0.3, -0.25) is 18.6 Å². The van der Waals surface area contributed by atoms with Crippen molar-refractivity contribution in [2.24, 2.45) is 5.92 Å². The molecule has 58 heavy (non-hydrogen) atoms. The first-order chi connectivity index (χ1) is 27.8. The number of hydrogen-bond donors (Lipinski definition) is 6. The van der Waals surface area contributed by atoms with E-state index >= 15 is 0 Å². The van der Waals surface area contributed by atoms with Crippen molar-refractivity contribution in [3.05, 3.63) is 48.6 Å². The third-order valence-electron chi connectivity index (χ3n) is 9.28. The van der Waals surface area contributed by atoms with Crippen molar-refractivity contribution in [2.45, 2.75) is 186 Å². The van der Waals surface area contributed by atoms with Gasteiger partial charge in [-0.1, -0.05) is 166 Å². The summed E-state index contributed by atoms with van der Waals surface area (Å²) in [5, 5.41) is 48.8. The van der Waals surface area contributed by atoms with E-state index in [0.717, 1.165) is 50.9 Å². The predicted octanol–water partition coefficient (Wildman–Crippen LogP) is 8.10. The van der Waals surface area contributed by atoms with Crippen LogP contribution in [0.3, 0.4) is 0 Å². The molecule has 0 aliphatic heterocycles. The van der Waals surface area contributed by atoms with Gasteiger partial charge in [0.25, 0.3) is 0 Å². The van der Waals surface area contributed by atoms with Crippen LogP contribution in [0.2, 0.25) is 0 Å². The lowest BCUT2D eigenvalue weighted by Gasteiger charge is -2.20. The van der Waals surface area contributed by atoms with Crippen molar-refractivity contribution in [1.29, 1.82) is 0 Å². The molecule has 13 nitrogen and oxygen atoms in total. The highest BCUT2D eigenvalue weighted by Gasteiger charge is 2.27. The molecule has 0 heterocycles. The summed E-state index contributed by atoms with van der Waals surface area (Å²) in [6.45, 7) is 4.18. The smallest absolute Gasteiger partial charge is 0.462 e. The first-order valence-corrected chi connectivity index (χ1v) is 23.3. The second kappa shape index (κ2) is 37.8. The highest BCUT2D eigenvalue weighted by molar-refractivity contribution is 7.47. The Morgan fingerprint density at radius 1 is 0.603 bits per heavy atom. The minimum Gasteiger partial charge on any atom is -0.462 e. The molecule has 0 aromatic rings. The number of phosphoric acid groups is 1. The van der Waals surface area contributed by atoms with Crippen molar-refractivity contribution in [1.82, 2.24) is 0 Å². The molecule has 0 spiro atoms. The molecule has 1 unspecified atom stereocenters. The number of rotatable bonds is 39. The van der Waals surface area contributed by atoms with Gasteiger partial charge in [0.15, 0.2) is 6.10 Å². The SMILES string of the molecule is CCCCC[C@H](O)/C=C/C=C\C=C\C=C\[C@H](O)[C@@H](O)CCCC(=O)O[C@H](COC(=O)CCCCCCCCCCCCCCC(C)C)COP(=O)(O)OC[C@@H](O)CO. The number of unbranched alkanes of at least 4 members (excludes halogenated alkanes) is 13. The normalized spacial score (nSPS) is 16.0. The van der Waals surface area contributed by atoms with Gasteiger partial charge in [-0.15, -0.1) is 0 Å². The molecule has 0 saturated heterocycles. The summed E-state index contributed by atoms with van der Waals surface area (Å²) in [6.07, 6.45) is 27.3. The van der Waals surface area contributed by atoms with Gasteiger partial charge in [0.1, 0.15) is 12.7 Å². The fraction of sp³-hybridized carbons (Fsp3) is 0.773. The molecule has 0 aliphatic carbocycles. The van der Waals surface area contributed by atoms with Gasteiger partial charge in [0.2, 0.25) is 0 Å². The second-order valence-electron chi connectivity index (χ2n) is 15.4. The lowest BCUT2D eigenvalue weighted by atomic mass is 10.0. The molecular weight excluding hydrogens is 767 g/mol. The molecule has 0 bridgehead atoms. The van der Waals surface area contributed by atoms with Gasteiger partial charge in [-0.05, 0) is 31.6 Å². The molecule has 6 atom stereocenters. The van der Waals surface area contributed by atoms with E-state index in [4.69, 9.17) is 19.1 Å². The molecule has 0 fully saturated rings. The quantitative estimate of drug-likeness (QED) is 0.0150. The van der Waals surface area contributed by atoms with Crippen molar-refractivity contribution in [3.8, 4) is 0 Å². The van der Waals surface area contributed by atoms with Crippen LogP contribution in [-0.4, -0.2) is 99.3 Å². The van der Waals surface area contributed by atoms with Crippen molar-refractivity contribution < 1.29 is 63.1 Å². The van der Waals surface area contributed by atoms with Gasteiger partial charge >= 0.3 is 19.8 Å². The third kappa shape index (κ3) is 36.9. The standard InChI is InChI=1S/C44H79O13P/c1-4-5-20-27-38(46)28-22-17-14-15-18-23-29-41(48)42(49)30-25-32-44(51)57-40(36-56-58(52,53)55-34-39(47)33-45)35-54-43(50)31-24-19-13-11-9-7-6-8-10-12-16-21-26-37(2)3/h14-15,17-18,22-23,28-29,37-42,45-49H,4-13,16,19-21,24-27,30-36H2,1-3H3,(H,52,53)/b17-14-,18-15+,28-22+,29-23+/t38-,39-,40+,41-,42-/m0/s1. The highest BCUT2D eigenvalue weighted by Crippen LogP contribution is 2.43. The molecule has 0 aromatic heterocycles. The summed E-state index contributed by atoms with van der Waals surface area (Å²) in [7, 11) is -4.72. The van der Waals surface area contributed by atoms with E-state index in [1.807, 2.05) is 0 Å². The average molecular weight is 847 g/mol. The summed E-state index contributed by atoms with van der Waals surface area (Å²) >= 11 is 0. The van der Waals surface area contributed by atoms with Crippen molar-refractivity contribution in [2.75, 3.05) is 26.4 Å². The number of aliphatic hydroxyl groups excluding tert-OH is 5. The molecule has 0 saturated carbocycles. The summed E-state index contributed by atoms with van der Waals surface area (Å²) in [5.41, 5.74) is 0. The van der Waals surface area contributed by atoms with Crippen LogP contribution in [0, 0.1) is 5.92 Å². The minimum atomic E-state index is -4.72. The van der Waals surface area contributed by atoms with Crippen LogP contribution in [0.4, 0.5) is 0 Å². The van der Waals surface area contributed by atoms with Crippen LogP contribution in [0.15, 0.2) is 48.6 Å². The van der Waals surface area contributed by atoms with Crippen LogP contribution in [-0.2, 0) is 32.7 Å². The Morgan fingerprint density at radius 3 is 1.71 bits per heavy atom. The summed E-state index contributed by atoms with van der Waals surface area (Å²) in [4.78, 5) is 35.0. The van der Waals surface area contributed by atoms with Gasteiger partial charge in [0, 0.05) is 12.8 Å². The zero-order valence-corrected chi connectivity index (χ0v) is 36.6. The van der Waals surface area contributed by atoms with E-state index in [9.17, 15) is 39.5 Å². The van der Waals surface area contributed by atoms with E-state index in [1.54, 1.807) is 42.5 Å². The molecule has 0 amide bonds. The van der Waals surface area contributed by atoms with Crippen LogP contribution in [0.5, 0.6) is 0 Å². The van der Waals surface area contributed by atoms with Gasteiger partial charge in [0.05, 0.1) is 38.1 Å². The van der Waals surface area contributed by atoms with E-state index in [2.05, 4.69) is 25.3 Å². The zero-order chi connectivity index (χ0) is 43.3. The first-order valence-electron chi connectivity index (χ1n) is 21.8. The Labute approximate surface area is 349 Å². The van der Waals surface area contributed by atoms with Crippen LogP contribution < -0.4 is 0 Å². The third-order valence-corrected chi connectivity index (χ3v) is 10.2. The highest BCUT2D eigenvalue weighted by atomic mass is 31.2. The largest absolute Gasteiger partial charge is 0.472 e. The number of allylic oxidation sites excluding steroid dienone is 6. The number of ether oxygens (including phenoxy) is 2. The fourth-order valence-electron chi connectivity index (χ4n) is 5.74. The summed E-state index contributed by atoms with van der Waals surface area (Å²) < 4.78 is 32.5. The number of esters is 2. The second-order valence-corrected chi connectivity index (χ2v) is 16.9. The average Bonchev–Trinajstić information content (AvgIpc) is 3.18. The molecule has 0 aromatic carbocycles. The number of carbonyl (C=O) groups is 2. The predicted molar refractivity (Wildman–Crippen MR) is 228 cm³/mol. The van der Waals surface area contributed by atoms with E-state index in [-0.39, 0.29) is 25.7 Å². The summed E-state index contributed by atoms with van der Waals surface area (Å²) in [5.74, 6) is -0.464. The van der Waals surface area contributed by atoms with Crippen LogP contribution in [0.1, 0.15) is 156 Å². The van der Waals surface area contributed by atoms with Gasteiger partial charge < -0.3 is 39.9 Å². The maximum atomic E-state index is 12.6. The fourth-order valence-corrected chi connectivity index (χ4v) is 6.53. The lowest BCUT2D eigenvalue weighted by Crippen LogP contribution is -2.30. The Bertz CT molecular complexity index is 1170. The zero-order valence-electron chi connectivity index (χ0n) is 35.7. The number of aliphatic hydroxyl groups is 5.